The predicted octanol–water partition coefficient (Wildman–Crippen LogP) is 4.70. The highest BCUT2D eigenvalue weighted by Gasteiger charge is 2.28. The molecule has 2 aromatic rings. The molecule has 2 amide bonds. The van der Waals surface area contributed by atoms with E-state index in [0.717, 1.165) is 5.56 Å². The molecule has 0 heterocycles. The standard InChI is InChI=1S/C27H38N2O4/c1-19(25(31)28-27(5,6)7)29(17-20-10-9-11-23(16-20)32-8)24(30)18-33-22-14-12-21(13-15-22)26(2,3)4/h9-16,19H,17-18H2,1-8H3,(H,28,31)/t19-/m0/s1. The summed E-state index contributed by atoms with van der Waals surface area (Å²) in [6, 6.07) is 14.6. The van der Waals surface area contributed by atoms with Crippen molar-refractivity contribution in [1.82, 2.24) is 10.2 Å². The molecule has 0 saturated carbocycles. The van der Waals surface area contributed by atoms with Gasteiger partial charge in [-0.1, -0.05) is 45.0 Å². The lowest BCUT2D eigenvalue weighted by Crippen LogP contribution is -2.53. The van der Waals surface area contributed by atoms with Gasteiger partial charge >= 0.3 is 0 Å². The maximum Gasteiger partial charge on any atom is 0.261 e. The Balaban J connectivity index is 2.18. The van der Waals surface area contributed by atoms with Crippen LogP contribution >= 0.6 is 0 Å². The lowest BCUT2D eigenvalue weighted by molar-refractivity contribution is -0.142. The highest BCUT2D eigenvalue weighted by Crippen LogP contribution is 2.24. The molecule has 0 fully saturated rings. The van der Waals surface area contributed by atoms with Gasteiger partial charge < -0.3 is 19.7 Å². The Morgan fingerprint density at radius 1 is 0.970 bits per heavy atom. The third-order valence-corrected chi connectivity index (χ3v) is 5.24. The number of benzene rings is 2. The summed E-state index contributed by atoms with van der Waals surface area (Å²) in [6.45, 7) is 14.0. The van der Waals surface area contributed by atoms with E-state index in [9.17, 15) is 9.59 Å². The van der Waals surface area contributed by atoms with E-state index in [2.05, 4.69) is 26.1 Å². The van der Waals surface area contributed by atoms with E-state index in [1.165, 1.54) is 5.56 Å². The maximum absolute atomic E-state index is 13.2. The molecule has 0 unspecified atom stereocenters. The minimum absolute atomic E-state index is 0.0394. The number of hydrogen-bond donors (Lipinski definition) is 1. The number of ether oxygens (including phenoxy) is 2. The lowest BCUT2D eigenvalue weighted by atomic mass is 9.87. The van der Waals surface area contributed by atoms with Crippen LogP contribution in [0.2, 0.25) is 0 Å². The molecule has 6 heteroatoms. The largest absolute Gasteiger partial charge is 0.497 e. The van der Waals surface area contributed by atoms with Gasteiger partial charge in [0.05, 0.1) is 7.11 Å². The van der Waals surface area contributed by atoms with Crippen molar-refractivity contribution in [3.8, 4) is 11.5 Å². The van der Waals surface area contributed by atoms with E-state index in [1.54, 1.807) is 18.9 Å². The molecule has 1 N–H and O–H groups in total. The molecule has 2 rings (SSSR count). The Morgan fingerprint density at radius 3 is 2.15 bits per heavy atom. The number of rotatable bonds is 8. The Bertz CT molecular complexity index is 940. The molecular formula is C27H38N2O4. The number of carbonyl (C=O) groups excluding carboxylic acids is 2. The number of nitrogens with zero attached hydrogens (tertiary/aromatic N) is 1. The summed E-state index contributed by atoms with van der Waals surface area (Å²) >= 11 is 0. The van der Waals surface area contributed by atoms with Crippen LogP contribution < -0.4 is 14.8 Å². The minimum Gasteiger partial charge on any atom is -0.497 e. The Kier molecular flexibility index (Phi) is 8.53. The van der Waals surface area contributed by atoms with E-state index < -0.39 is 11.6 Å². The van der Waals surface area contributed by atoms with E-state index in [-0.39, 0.29) is 30.4 Å². The fourth-order valence-corrected chi connectivity index (χ4v) is 3.30. The van der Waals surface area contributed by atoms with Gasteiger partial charge in [-0.25, -0.2) is 0 Å². The summed E-state index contributed by atoms with van der Waals surface area (Å²) in [7, 11) is 1.60. The van der Waals surface area contributed by atoms with E-state index >= 15 is 0 Å². The molecule has 0 radical (unpaired) electrons. The van der Waals surface area contributed by atoms with Gasteiger partial charge in [0.1, 0.15) is 17.5 Å². The summed E-state index contributed by atoms with van der Waals surface area (Å²) in [5, 5.41) is 2.96. The maximum atomic E-state index is 13.2. The summed E-state index contributed by atoms with van der Waals surface area (Å²) in [6.07, 6.45) is 0. The van der Waals surface area contributed by atoms with Gasteiger partial charge in [0.25, 0.3) is 5.91 Å². The van der Waals surface area contributed by atoms with Gasteiger partial charge in [-0.15, -0.1) is 0 Å². The van der Waals surface area contributed by atoms with Gasteiger partial charge in [-0.2, -0.15) is 0 Å². The summed E-state index contributed by atoms with van der Waals surface area (Å²) in [5.41, 5.74) is 1.69. The first kappa shape index (κ1) is 26.2. The van der Waals surface area contributed by atoms with Crippen molar-refractivity contribution in [2.24, 2.45) is 0 Å². The van der Waals surface area contributed by atoms with Crippen LogP contribution in [0.4, 0.5) is 0 Å². The van der Waals surface area contributed by atoms with E-state index in [0.29, 0.717) is 11.5 Å². The first-order valence-corrected chi connectivity index (χ1v) is 11.3. The molecule has 33 heavy (non-hydrogen) atoms. The zero-order valence-electron chi connectivity index (χ0n) is 21.2. The molecule has 0 aliphatic carbocycles. The van der Waals surface area contributed by atoms with E-state index in [4.69, 9.17) is 9.47 Å². The molecule has 0 bridgehead atoms. The smallest absolute Gasteiger partial charge is 0.261 e. The second-order valence-electron chi connectivity index (χ2n) is 10.4. The monoisotopic (exact) mass is 454 g/mol. The minimum atomic E-state index is -0.671. The molecule has 0 aliphatic rings. The van der Waals surface area contributed by atoms with Crippen molar-refractivity contribution in [3.63, 3.8) is 0 Å². The fraction of sp³-hybridized carbons (Fsp3) is 0.481. The van der Waals surface area contributed by atoms with Crippen molar-refractivity contribution in [2.45, 2.75) is 72.0 Å². The van der Waals surface area contributed by atoms with Gasteiger partial charge in [0.2, 0.25) is 5.91 Å². The zero-order chi connectivity index (χ0) is 24.8. The van der Waals surface area contributed by atoms with Crippen LogP contribution in [0, 0.1) is 0 Å². The molecule has 0 saturated heterocycles. The summed E-state index contributed by atoms with van der Waals surface area (Å²) < 4.78 is 11.1. The normalized spacial score (nSPS) is 12.6. The third-order valence-electron chi connectivity index (χ3n) is 5.24. The quantitative estimate of drug-likeness (QED) is 0.628. The SMILES string of the molecule is COc1cccc(CN(C(=O)COc2ccc(C(C)(C)C)cc2)[C@@H](C)C(=O)NC(C)(C)C)c1. The van der Waals surface area contributed by atoms with Crippen molar-refractivity contribution in [1.29, 1.82) is 0 Å². The first-order chi connectivity index (χ1) is 15.3. The van der Waals surface area contributed by atoms with E-state index in [1.807, 2.05) is 69.3 Å². The van der Waals surface area contributed by atoms with Gasteiger partial charge in [0.15, 0.2) is 6.61 Å². The molecule has 1 atom stereocenters. The van der Waals surface area contributed by atoms with Crippen LogP contribution in [0.3, 0.4) is 0 Å². The van der Waals surface area contributed by atoms with Crippen LogP contribution in [-0.2, 0) is 21.5 Å². The van der Waals surface area contributed by atoms with Gasteiger partial charge in [0, 0.05) is 12.1 Å². The Labute approximate surface area is 198 Å². The number of amides is 2. The summed E-state index contributed by atoms with van der Waals surface area (Å²) in [5.74, 6) is 0.828. The highest BCUT2D eigenvalue weighted by atomic mass is 16.5. The molecule has 180 valence electrons. The van der Waals surface area contributed by atoms with Gasteiger partial charge in [-0.3, -0.25) is 9.59 Å². The van der Waals surface area contributed by atoms with Crippen LogP contribution in [0.1, 0.15) is 59.6 Å². The van der Waals surface area contributed by atoms with Crippen molar-refractivity contribution < 1.29 is 19.1 Å². The third kappa shape index (κ3) is 8.12. The average molecular weight is 455 g/mol. The van der Waals surface area contributed by atoms with Crippen molar-refractivity contribution >= 4 is 11.8 Å². The predicted molar refractivity (Wildman–Crippen MR) is 132 cm³/mol. The number of hydrogen-bond acceptors (Lipinski definition) is 4. The molecule has 0 spiro atoms. The van der Waals surface area contributed by atoms with Crippen LogP contribution in [0.25, 0.3) is 0 Å². The second kappa shape index (κ2) is 10.7. The molecule has 6 nitrogen and oxygen atoms in total. The Morgan fingerprint density at radius 2 is 1.61 bits per heavy atom. The molecule has 0 aliphatic heterocycles. The summed E-state index contributed by atoms with van der Waals surface area (Å²) in [4.78, 5) is 27.6. The van der Waals surface area contributed by atoms with Crippen LogP contribution in [0.5, 0.6) is 11.5 Å². The second-order valence-corrected chi connectivity index (χ2v) is 10.4. The first-order valence-electron chi connectivity index (χ1n) is 11.3. The number of methoxy groups -OCH3 is 1. The molecular weight excluding hydrogens is 416 g/mol. The number of nitrogens with one attached hydrogen (secondary N) is 1. The van der Waals surface area contributed by atoms with Crippen molar-refractivity contribution in [2.75, 3.05) is 13.7 Å². The number of carbonyl (C=O) groups is 2. The zero-order valence-corrected chi connectivity index (χ0v) is 21.2. The van der Waals surface area contributed by atoms with Crippen LogP contribution in [-0.4, -0.2) is 42.0 Å². The molecule has 2 aromatic carbocycles. The Hall–Kier alpha value is -3.02. The fourth-order valence-electron chi connectivity index (χ4n) is 3.30. The van der Waals surface area contributed by atoms with Crippen molar-refractivity contribution in [3.05, 3.63) is 59.7 Å². The van der Waals surface area contributed by atoms with Crippen LogP contribution in [0.15, 0.2) is 48.5 Å². The highest BCUT2D eigenvalue weighted by molar-refractivity contribution is 5.88. The lowest BCUT2D eigenvalue weighted by Gasteiger charge is -2.31. The molecule has 0 aromatic heterocycles. The van der Waals surface area contributed by atoms with Gasteiger partial charge in [-0.05, 0) is 68.5 Å². The average Bonchev–Trinajstić information content (AvgIpc) is 2.74. The topological polar surface area (TPSA) is 67.9 Å².